The molecule has 0 unspecified atom stereocenters. The van der Waals surface area contributed by atoms with Gasteiger partial charge in [-0.05, 0) is 37.3 Å². The number of carbonyl (C=O) groups excluding carboxylic acids is 2. The van der Waals surface area contributed by atoms with Gasteiger partial charge in [-0.3, -0.25) is 10.6 Å². The Kier molecular flexibility index (Phi) is 7.30. The van der Waals surface area contributed by atoms with Gasteiger partial charge in [0.1, 0.15) is 23.1 Å². The maximum Gasteiger partial charge on any atom is 0.324 e. The highest BCUT2D eigenvalue weighted by atomic mass is 16.5. The zero-order chi connectivity index (χ0) is 29.1. The number of pyridine rings is 1. The quantitative estimate of drug-likeness (QED) is 0.182. The number of aromatic nitrogens is 3. The highest BCUT2D eigenvalue weighted by Crippen LogP contribution is 2.35. The number of fused-ring (bicyclic) bond motifs is 1. The van der Waals surface area contributed by atoms with Crippen molar-refractivity contribution in [2.45, 2.75) is 33.1 Å². The third-order valence-corrected chi connectivity index (χ3v) is 6.34. The Morgan fingerprint density at radius 3 is 2.32 bits per heavy atom. The van der Waals surface area contributed by atoms with Crippen LogP contribution in [0.1, 0.15) is 32.0 Å². The second kappa shape index (κ2) is 11.0. The number of rotatable bonds is 6. The summed E-state index contributed by atoms with van der Waals surface area (Å²) in [5.41, 5.74) is 8.42. The molecule has 0 bridgehead atoms. The van der Waals surface area contributed by atoms with Gasteiger partial charge in [-0.15, -0.1) is 0 Å². The third kappa shape index (κ3) is 6.27. The van der Waals surface area contributed by atoms with E-state index in [1.807, 2.05) is 61.5 Å². The minimum absolute atomic E-state index is 0.208. The number of nitrogens with two attached hydrogens (primary N) is 1. The first-order valence-corrected chi connectivity index (χ1v) is 13.0. The van der Waals surface area contributed by atoms with Crippen LogP contribution in [0, 0.1) is 6.92 Å². The topological polar surface area (TPSA) is 136 Å². The molecule has 0 saturated carbocycles. The summed E-state index contributed by atoms with van der Waals surface area (Å²) in [7, 11) is 0. The van der Waals surface area contributed by atoms with E-state index < -0.39 is 12.1 Å². The fraction of sp³-hybridized carbons (Fsp3) is 0.161. The Morgan fingerprint density at radius 1 is 0.878 bits per heavy atom. The molecule has 0 fully saturated rings. The summed E-state index contributed by atoms with van der Waals surface area (Å²) in [6.07, 6.45) is 1.51. The van der Waals surface area contributed by atoms with Crippen molar-refractivity contribution >= 4 is 40.2 Å². The maximum absolute atomic E-state index is 13.3. The van der Waals surface area contributed by atoms with Gasteiger partial charge in [-0.2, -0.15) is 5.10 Å². The zero-order valence-electron chi connectivity index (χ0n) is 23.2. The van der Waals surface area contributed by atoms with Gasteiger partial charge in [0, 0.05) is 34.5 Å². The lowest BCUT2D eigenvalue weighted by Crippen LogP contribution is -2.21. The highest BCUT2D eigenvalue weighted by molar-refractivity contribution is 6.07. The number of amides is 4. The van der Waals surface area contributed by atoms with Crippen LogP contribution < -0.4 is 26.4 Å². The molecular weight excluding hydrogens is 518 g/mol. The SMILES string of the molecule is Cc1ccc(-n2nc(C(C)(C)C)cc2NC(=O)Nc2ccc(Oc3ccnc(NC(N)=O)c3)c3ccccc23)cc1. The summed E-state index contributed by atoms with van der Waals surface area (Å²) in [6, 6.07) is 23.1. The van der Waals surface area contributed by atoms with Crippen molar-refractivity contribution in [2.75, 3.05) is 16.0 Å². The van der Waals surface area contributed by atoms with Crippen LogP contribution in [0.5, 0.6) is 11.5 Å². The number of ether oxygens (including phenoxy) is 1. The average Bonchev–Trinajstić information content (AvgIpc) is 3.34. The van der Waals surface area contributed by atoms with Gasteiger partial charge in [-0.25, -0.2) is 19.3 Å². The van der Waals surface area contributed by atoms with E-state index in [2.05, 4.69) is 41.7 Å². The van der Waals surface area contributed by atoms with Crippen molar-refractivity contribution in [3.05, 3.63) is 96.3 Å². The second-order valence-electron chi connectivity index (χ2n) is 10.6. The molecule has 0 radical (unpaired) electrons. The molecule has 5 aromatic rings. The molecule has 10 heteroatoms. The van der Waals surface area contributed by atoms with Crippen LogP contribution in [0.4, 0.5) is 26.9 Å². The van der Waals surface area contributed by atoms with E-state index in [4.69, 9.17) is 15.6 Å². The molecule has 5 rings (SSSR count). The second-order valence-corrected chi connectivity index (χ2v) is 10.6. The molecule has 10 nitrogen and oxygen atoms in total. The molecule has 0 saturated heterocycles. The van der Waals surface area contributed by atoms with Crippen molar-refractivity contribution in [2.24, 2.45) is 5.73 Å². The van der Waals surface area contributed by atoms with Gasteiger partial charge >= 0.3 is 12.1 Å². The lowest BCUT2D eigenvalue weighted by molar-refractivity contribution is 0.259. The smallest absolute Gasteiger partial charge is 0.324 e. The molecule has 41 heavy (non-hydrogen) atoms. The first-order chi connectivity index (χ1) is 19.6. The monoisotopic (exact) mass is 549 g/mol. The van der Waals surface area contributed by atoms with Crippen molar-refractivity contribution in [3.8, 4) is 17.2 Å². The van der Waals surface area contributed by atoms with E-state index >= 15 is 0 Å². The minimum atomic E-state index is -0.717. The van der Waals surface area contributed by atoms with Crippen molar-refractivity contribution in [1.29, 1.82) is 0 Å². The number of nitrogens with zero attached hydrogens (tertiary/aromatic N) is 3. The van der Waals surface area contributed by atoms with Crippen LogP contribution in [0.2, 0.25) is 0 Å². The maximum atomic E-state index is 13.3. The third-order valence-electron chi connectivity index (χ3n) is 6.34. The van der Waals surface area contributed by atoms with E-state index in [9.17, 15) is 9.59 Å². The van der Waals surface area contributed by atoms with Crippen LogP contribution in [0.25, 0.3) is 16.5 Å². The van der Waals surface area contributed by atoms with Crippen LogP contribution in [0.3, 0.4) is 0 Å². The molecular formula is C31H31N7O3. The summed E-state index contributed by atoms with van der Waals surface area (Å²) < 4.78 is 7.85. The number of carbonyl (C=O) groups is 2. The lowest BCUT2D eigenvalue weighted by Gasteiger charge is -2.14. The molecule has 0 aliphatic rings. The normalized spacial score (nSPS) is 11.2. The largest absolute Gasteiger partial charge is 0.457 e. The Labute approximate surface area is 237 Å². The number of hydrogen-bond acceptors (Lipinski definition) is 5. The van der Waals surface area contributed by atoms with Gasteiger partial charge in [0.15, 0.2) is 0 Å². The molecule has 3 aromatic carbocycles. The predicted octanol–water partition coefficient (Wildman–Crippen LogP) is 6.95. The molecule has 0 spiro atoms. The van der Waals surface area contributed by atoms with E-state index in [0.717, 1.165) is 27.7 Å². The Morgan fingerprint density at radius 2 is 1.61 bits per heavy atom. The van der Waals surface area contributed by atoms with E-state index in [1.165, 1.54) is 6.20 Å². The molecule has 0 aliphatic carbocycles. The lowest BCUT2D eigenvalue weighted by atomic mass is 9.92. The summed E-state index contributed by atoms with van der Waals surface area (Å²) in [6.45, 7) is 8.26. The average molecular weight is 550 g/mol. The van der Waals surface area contributed by atoms with Crippen molar-refractivity contribution in [3.63, 3.8) is 0 Å². The van der Waals surface area contributed by atoms with E-state index in [-0.39, 0.29) is 11.2 Å². The number of nitrogens with one attached hydrogen (secondary N) is 3. The molecule has 208 valence electrons. The predicted molar refractivity (Wildman–Crippen MR) is 161 cm³/mol. The summed E-state index contributed by atoms with van der Waals surface area (Å²) in [5.74, 6) is 1.86. The summed E-state index contributed by atoms with van der Waals surface area (Å²) in [5, 5.41) is 14.7. The molecule has 2 heterocycles. The summed E-state index contributed by atoms with van der Waals surface area (Å²) in [4.78, 5) is 28.5. The Balaban J connectivity index is 1.41. The number of hydrogen-bond donors (Lipinski definition) is 4. The van der Waals surface area contributed by atoms with Crippen molar-refractivity contribution in [1.82, 2.24) is 14.8 Å². The van der Waals surface area contributed by atoms with Gasteiger partial charge in [0.25, 0.3) is 0 Å². The first-order valence-electron chi connectivity index (χ1n) is 13.0. The standard InChI is InChI=1S/C31H31N7O3/c1-19-9-11-20(12-10-19)38-28(18-26(37-38)31(2,3)4)36-30(40)34-24-13-14-25(23-8-6-5-7-22(23)24)41-21-15-16-33-27(17-21)35-29(32)39/h5-18H,1-4H3,(H2,34,36,40)(H3,32,33,35,39). The molecule has 0 atom stereocenters. The van der Waals surface area contributed by atoms with Gasteiger partial charge in [0.05, 0.1) is 17.1 Å². The number of aryl methyl sites for hydroxylation is 1. The molecule has 0 aliphatic heterocycles. The Hall–Kier alpha value is -5.38. The fourth-order valence-corrected chi connectivity index (χ4v) is 4.25. The molecule has 5 N–H and O–H groups in total. The van der Waals surface area contributed by atoms with E-state index in [0.29, 0.717) is 23.0 Å². The van der Waals surface area contributed by atoms with Crippen LogP contribution in [0.15, 0.2) is 85.1 Å². The van der Waals surface area contributed by atoms with Gasteiger partial charge in [-0.1, -0.05) is 62.7 Å². The number of primary amides is 1. The first kappa shape index (κ1) is 27.2. The van der Waals surface area contributed by atoms with Crippen molar-refractivity contribution < 1.29 is 14.3 Å². The molecule has 2 aromatic heterocycles. The van der Waals surface area contributed by atoms with Crippen LogP contribution >= 0.6 is 0 Å². The fourth-order valence-electron chi connectivity index (χ4n) is 4.25. The summed E-state index contributed by atoms with van der Waals surface area (Å²) >= 11 is 0. The zero-order valence-corrected chi connectivity index (χ0v) is 23.2. The van der Waals surface area contributed by atoms with E-state index in [1.54, 1.807) is 28.9 Å². The van der Waals surface area contributed by atoms with Gasteiger partial charge in [0.2, 0.25) is 0 Å². The number of anilines is 3. The number of benzene rings is 3. The minimum Gasteiger partial charge on any atom is -0.457 e. The van der Waals surface area contributed by atoms with Gasteiger partial charge < -0.3 is 15.8 Å². The number of urea groups is 2. The van der Waals surface area contributed by atoms with Crippen LogP contribution in [-0.4, -0.2) is 26.8 Å². The van der Waals surface area contributed by atoms with Crippen LogP contribution in [-0.2, 0) is 5.41 Å². The Bertz CT molecular complexity index is 1740. The highest BCUT2D eigenvalue weighted by Gasteiger charge is 2.22. The molecule has 4 amide bonds.